The number of anilines is 1. The van der Waals surface area contributed by atoms with Crippen LogP contribution in [0.1, 0.15) is 15.9 Å². The van der Waals surface area contributed by atoms with Crippen molar-refractivity contribution in [1.29, 1.82) is 0 Å². The number of carbonyl (C=O) groups is 1. The van der Waals surface area contributed by atoms with E-state index in [1.165, 1.54) is 41.5 Å². The summed E-state index contributed by atoms with van der Waals surface area (Å²) in [7, 11) is 1.70. The fourth-order valence-corrected chi connectivity index (χ4v) is 3.95. The van der Waals surface area contributed by atoms with E-state index in [9.17, 15) is 22.8 Å². The summed E-state index contributed by atoms with van der Waals surface area (Å²) in [6.07, 6.45) is -4.39. The van der Waals surface area contributed by atoms with Gasteiger partial charge in [0.15, 0.2) is 5.58 Å². The molecule has 3 rings (SSSR count). The van der Waals surface area contributed by atoms with E-state index in [1.54, 1.807) is 17.4 Å². The maximum Gasteiger partial charge on any atom is 0.416 e. The van der Waals surface area contributed by atoms with Crippen LogP contribution in [0.5, 0.6) is 0 Å². The molecule has 1 N–H and O–H groups in total. The van der Waals surface area contributed by atoms with Crippen LogP contribution in [-0.2, 0) is 6.18 Å². The monoisotopic (exact) mass is 401 g/mol. The Hall–Kier alpha value is -2.46. The number of nitrogens with zero attached hydrogens (tertiary/aromatic N) is 1. The molecule has 10 heteroatoms. The van der Waals surface area contributed by atoms with Gasteiger partial charge in [-0.15, -0.1) is 11.3 Å². The number of carboxylic acid groups (broad SMARTS) is 1. The third-order valence-electron chi connectivity index (χ3n) is 3.37. The van der Waals surface area contributed by atoms with Crippen LogP contribution in [0.15, 0.2) is 50.5 Å². The summed E-state index contributed by atoms with van der Waals surface area (Å²) in [5.74, 6) is -1.37. The second kappa shape index (κ2) is 6.69. The molecule has 0 bridgehead atoms. The smallest absolute Gasteiger partial charge is 0.416 e. The highest BCUT2D eigenvalue weighted by Crippen LogP contribution is 2.37. The number of hydrogen-bond donors (Lipinski definition) is 1. The van der Waals surface area contributed by atoms with Crippen molar-refractivity contribution >= 4 is 44.5 Å². The molecule has 0 fully saturated rings. The van der Waals surface area contributed by atoms with Gasteiger partial charge in [0, 0.05) is 18.0 Å². The zero-order valence-corrected chi connectivity index (χ0v) is 14.7. The topological polar surface area (TPSA) is 70.8 Å². The lowest BCUT2D eigenvalue weighted by atomic mass is 10.2. The number of thiophene rings is 1. The van der Waals surface area contributed by atoms with Crippen molar-refractivity contribution in [3.63, 3.8) is 0 Å². The van der Waals surface area contributed by atoms with Crippen molar-refractivity contribution in [1.82, 2.24) is 0 Å². The highest BCUT2D eigenvalue weighted by atomic mass is 32.2. The highest BCUT2D eigenvalue weighted by Gasteiger charge is 2.30. The van der Waals surface area contributed by atoms with Crippen molar-refractivity contribution in [3.05, 3.63) is 57.9 Å². The van der Waals surface area contributed by atoms with E-state index in [0.29, 0.717) is 14.6 Å². The number of fused-ring (bicyclic) bond motifs is 1. The maximum atomic E-state index is 12.6. The number of benzene rings is 1. The molecular weight excluding hydrogens is 391 g/mol. The summed E-state index contributed by atoms with van der Waals surface area (Å²) >= 11 is 2.39. The van der Waals surface area contributed by atoms with Crippen molar-refractivity contribution < 1.29 is 27.5 Å². The Labute approximate surface area is 152 Å². The van der Waals surface area contributed by atoms with Gasteiger partial charge in [-0.2, -0.15) is 13.2 Å². The average molecular weight is 401 g/mol. The second-order valence-electron chi connectivity index (χ2n) is 5.18. The summed E-state index contributed by atoms with van der Waals surface area (Å²) in [4.78, 5) is 23.2. The lowest BCUT2D eigenvalue weighted by molar-refractivity contribution is -0.137. The summed E-state index contributed by atoms with van der Waals surface area (Å²) < 4.78 is 45.0. The molecule has 0 saturated heterocycles. The standard InChI is InChI=1S/C16H10F3NO4S2/c1-20(26-9-4-2-8(3-5-9)16(17,18)19)13-7-11-12(25-13)6-10(14(21)22)15(23)24-11/h2-7H,1H3,(H,21,22). The third kappa shape index (κ3) is 3.70. The number of hydrogen-bond acceptors (Lipinski definition) is 6. The Balaban J connectivity index is 1.84. The van der Waals surface area contributed by atoms with Crippen LogP contribution in [0.25, 0.3) is 10.3 Å². The van der Waals surface area contributed by atoms with E-state index in [-0.39, 0.29) is 5.58 Å². The van der Waals surface area contributed by atoms with Crippen molar-refractivity contribution in [2.24, 2.45) is 0 Å². The number of aromatic carboxylic acids is 1. The van der Waals surface area contributed by atoms with Gasteiger partial charge in [-0.25, -0.2) is 9.59 Å². The molecule has 2 aromatic heterocycles. The van der Waals surface area contributed by atoms with Gasteiger partial charge in [-0.3, -0.25) is 0 Å². The zero-order chi connectivity index (χ0) is 19.1. The summed E-state index contributed by atoms with van der Waals surface area (Å²) in [6.45, 7) is 0. The fraction of sp³-hybridized carbons (Fsp3) is 0.125. The van der Waals surface area contributed by atoms with Crippen molar-refractivity contribution in [3.8, 4) is 0 Å². The Morgan fingerprint density at radius 2 is 1.88 bits per heavy atom. The Kier molecular flexibility index (Phi) is 4.72. The van der Waals surface area contributed by atoms with Gasteiger partial charge in [0.2, 0.25) is 0 Å². The van der Waals surface area contributed by atoms with Crippen molar-refractivity contribution in [2.45, 2.75) is 11.1 Å². The maximum absolute atomic E-state index is 12.6. The zero-order valence-electron chi connectivity index (χ0n) is 13.0. The van der Waals surface area contributed by atoms with Gasteiger partial charge in [-0.05, 0) is 42.3 Å². The number of halogens is 3. The molecule has 0 amide bonds. The molecule has 0 atom stereocenters. The fourth-order valence-electron chi connectivity index (χ4n) is 2.11. The minimum Gasteiger partial charge on any atom is -0.477 e. The molecule has 2 heterocycles. The first-order chi connectivity index (χ1) is 12.1. The second-order valence-corrected chi connectivity index (χ2v) is 7.44. The molecular formula is C16H10F3NO4S2. The Bertz CT molecular complexity index is 1020. The largest absolute Gasteiger partial charge is 0.477 e. The van der Waals surface area contributed by atoms with Crippen LogP contribution in [0, 0.1) is 0 Å². The van der Waals surface area contributed by atoms with Gasteiger partial charge in [-0.1, -0.05) is 0 Å². The van der Waals surface area contributed by atoms with E-state index in [4.69, 9.17) is 9.52 Å². The summed E-state index contributed by atoms with van der Waals surface area (Å²) in [5.41, 5.74) is -1.87. The summed E-state index contributed by atoms with van der Waals surface area (Å²) in [5, 5.41) is 9.61. The van der Waals surface area contributed by atoms with Crippen LogP contribution >= 0.6 is 23.3 Å². The molecule has 136 valence electrons. The molecule has 3 aromatic rings. The van der Waals surface area contributed by atoms with Crippen LogP contribution in [0.2, 0.25) is 0 Å². The molecule has 0 aliphatic rings. The molecule has 26 heavy (non-hydrogen) atoms. The Morgan fingerprint density at radius 3 is 2.46 bits per heavy atom. The lowest BCUT2D eigenvalue weighted by Crippen LogP contribution is -2.12. The first kappa shape index (κ1) is 18.3. The average Bonchev–Trinajstić information content (AvgIpc) is 2.96. The first-order valence-corrected chi connectivity index (χ1v) is 8.64. The van der Waals surface area contributed by atoms with Gasteiger partial charge in [0.05, 0.1) is 10.3 Å². The molecule has 0 unspecified atom stereocenters. The Morgan fingerprint density at radius 1 is 1.23 bits per heavy atom. The quantitative estimate of drug-likeness (QED) is 0.638. The molecule has 0 spiro atoms. The molecule has 0 radical (unpaired) electrons. The number of rotatable bonds is 4. The minimum atomic E-state index is -4.39. The number of alkyl halides is 3. The van der Waals surface area contributed by atoms with E-state index < -0.39 is 28.9 Å². The van der Waals surface area contributed by atoms with Gasteiger partial charge in [0.25, 0.3) is 0 Å². The molecule has 5 nitrogen and oxygen atoms in total. The van der Waals surface area contributed by atoms with Gasteiger partial charge >= 0.3 is 17.8 Å². The van der Waals surface area contributed by atoms with Crippen molar-refractivity contribution in [2.75, 3.05) is 11.4 Å². The minimum absolute atomic E-state index is 0.250. The lowest BCUT2D eigenvalue weighted by Gasteiger charge is -2.15. The van der Waals surface area contributed by atoms with Gasteiger partial charge < -0.3 is 13.8 Å². The molecule has 1 aromatic carbocycles. The molecule has 0 aliphatic carbocycles. The SMILES string of the molecule is CN(Sc1ccc(C(F)(F)F)cc1)c1cc2oc(=O)c(C(=O)O)cc2s1. The molecule has 0 saturated carbocycles. The van der Waals surface area contributed by atoms with E-state index in [2.05, 4.69) is 0 Å². The normalized spacial score (nSPS) is 11.7. The van der Waals surface area contributed by atoms with E-state index >= 15 is 0 Å². The highest BCUT2D eigenvalue weighted by molar-refractivity contribution is 8.00. The van der Waals surface area contributed by atoms with Crippen LogP contribution in [0.4, 0.5) is 18.2 Å². The van der Waals surface area contributed by atoms with E-state index in [1.807, 2.05) is 0 Å². The van der Waals surface area contributed by atoms with Crippen LogP contribution in [0.3, 0.4) is 0 Å². The summed E-state index contributed by atoms with van der Waals surface area (Å²) in [6, 6.07) is 7.54. The van der Waals surface area contributed by atoms with E-state index in [0.717, 1.165) is 12.1 Å². The van der Waals surface area contributed by atoms with Crippen LogP contribution in [-0.4, -0.2) is 18.1 Å². The predicted molar refractivity (Wildman–Crippen MR) is 93.0 cm³/mol. The third-order valence-corrected chi connectivity index (χ3v) is 5.58. The first-order valence-electron chi connectivity index (χ1n) is 7.05. The van der Waals surface area contributed by atoms with Gasteiger partial charge in [0.1, 0.15) is 10.6 Å². The predicted octanol–water partition coefficient (Wildman–Crippen LogP) is 4.72. The molecule has 0 aliphatic heterocycles. The van der Waals surface area contributed by atoms with Crippen LogP contribution < -0.4 is 9.93 Å². The number of carboxylic acids is 1.